The second-order valence-electron chi connectivity index (χ2n) is 5.10. The lowest BCUT2D eigenvalue weighted by Crippen LogP contribution is -2.38. The van der Waals surface area contributed by atoms with Gasteiger partial charge in [0.15, 0.2) is 11.5 Å². The Morgan fingerprint density at radius 3 is 2.82 bits per heavy atom. The molecule has 2 heterocycles. The third-order valence-electron chi connectivity index (χ3n) is 3.36. The van der Waals surface area contributed by atoms with E-state index >= 15 is 0 Å². The molecule has 0 radical (unpaired) electrons. The molecule has 2 N–H and O–H groups in total. The molecule has 1 aromatic carbocycles. The van der Waals surface area contributed by atoms with E-state index in [0.717, 1.165) is 11.3 Å². The molecule has 0 aliphatic carbocycles. The van der Waals surface area contributed by atoms with Crippen molar-refractivity contribution in [3.05, 3.63) is 41.3 Å². The summed E-state index contributed by atoms with van der Waals surface area (Å²) < 4.78 is 37.3. The Kier molecular flexibility index (Phi) is 3.85. The zero-order valence-corrected chi connectivity index (χ0v) is 13.4. The fraction of sp³-hybridized carbons (Fsp3) is 0.286. The van der Waals surface area contributed by atoms with E-state index in [0.29, 0.717) is 17.1 Å². The van der Waals surface area contributed by atoms with E-state index < -0.39 is 15.6 Å². The first kappa shape index (κ1) is 15.3. The third kappa shape index (κ3) is 2.95. The summed E-state index contributed by atoms with van der Waals surface area (Å²) in [6.45, 7) is 1.54. The molecular weight excluding hydrogens is 326 g/mol. The Morgan fingerprint density at radius 2 is 2.09 bits per heavy atom. The van der Waals surface area contributed by atoms with Crippen molar-refractivity contribution >= 4 is 21.4 Å². The smallest absolute Gasteiger partial charge is 0.250 e. The number of hydrogen-bond acceptors (Lipinski definition) is 6. The maximum Gasteiger partial charge on any atom is 0.250 e. The maximum atomic E-state index is 12.1. The van der Waals surface area contributed by atoms with Gasteiger partial charge in [-0.15, -0.1) is 11.3 Å². The summed E-state index contributed by atoms with van der Waals surface area (Å²) in [7, 11) is -3.62. The quantitative estimate of drug-likeness (QED) is 0.864. The van der Waals surface area contributed by atoms with Crippen molar-refractivity contribution in [2.24, 2.45) is 0 Å². The van der Waals surface area contributed by atoms with Crippen molar-refractivity contribution in [1.82, 2.24) is 4.72 Å². The van der Waals surface area contributed by atoms with Gasteiger partial charge in [-0.25, -0.2) is 13.1 Å². The Morgan fingerprint density at radius 1 is 1.32 bits per heavy atom. The normalized spacial score (nSPS) is 16.5. The Balaban J connectivity index is 1.76. The number of aliphatic hydroxyl groups is 1. The van der Waals surface area contributed by atoms with Crippen LogP contribution in [-0.2, 0) is 15.6 Å². The van der Waals surface area contributed by atoms with Crippen LogP contribution in [0.3, 0.4) is 0 Å². The van der Waals surface area contributed by atoms with E-state index in [-0.39, 0.29) is 17.5 Å². The van der Waals surface area contributed by atoms with Gasteiger partial charge < -0.3 is 14.6 Å². The summed E-state index contributed by atoms with van der Waals surface area (Å²) in [6, 6.07) is 8.21. The van der Waals surface area contributed by atoms with Crippen LogP contribution in [0.5, 0.6) is 11.5 Å². The molecule has 2 aromatic rings. The van der Waals surface area contributed by atoms with Gasteiger partial charge in [-0.05, 0) is 36.1 Å². The molecule has 0 spiro atoms. The van der Waals surface area contributed by atoms with E-state index in [2.05, 4.69) is 4.72 Å². The Bertz CT molecular complexity index is 769. The van der Waals surface area contributed by atoms with Gasteiger partial charge in [-0.1, -0.05) is 12.1 Å². The maximum absolute atomic E-state index is 12.1. The molecule has 8 heteroatoms. The largest absolute Gasteiger partial charge is 0.454 e. The number of benzene rings is 1. The number of ether oxygens (including phenoxy) is 2. The van der Waals surface area contributed by atoms with Gasteiger partial charge in [0.1, 0.15) is 9.81 Å². The molecule has 1 atom stereocenters. The lowest BCUT2D eigenvalue weighted by molar-refractivity contribution is 0.0625. The minimum Gasteiger partial charge on any atom is -0.454 e. The number of hydrogen-bond donors (Lipinski definition) is 2. The number of thiophene rings is 1. The second-order valence-corrected chi connectivity index (χ2v) is 8.04. The van der Waals surface area contributed by atoms with Crippen LogP contribution in [0.25, 0.3) is 0 Å². The second kappa shape index (κ2) is 5.54. The van der Waals surface area contributed by atoms with Crippen LogP contribution in [0, 0.1) is 0 Å². The lowest BCUT2D eigenvalue weighted by atomic mass is 9.96. The summed E-state index contributed by atoms with van der Waals surface area (Å²) in [5.41, 5.74) is -0.823. The van der Waals surface area contributed by atoms with Crippen molar-refractivity contribution in [2.75, 3.05) is 13.3 Å². The molecule has 1 aliphatic heterocycles. The first-order valence-electron chi connectivity index (χ1n) is 6.54. The highest BCUT2D eigenvalue weighted by atomic mass is 32.2. The zero-order valence-electron chi connectivity index (χ0n) is 11.8. The lowest BCUT2D eigenvalue weighted by Gasteiger charge is -2.24. The topological polar surface area (TPSA) is 84.9 Å². The summed E-state index contributed by atoms with van der Waals surface area (Å²) in [5.74, 6) is 1.15. The molecule has 0 saturated heterocycles. The highest BCUT2D eigenvalue weighted by Gasteiger charge is 2.28. The molecular formula is C14H15NO5S2. The van der Waals surface area contributed by atoms with Crippen molar-refractivity contribution in [3.8, 4) is 11.5 Å². The van der Waals surface area contributed by atoms with Gasteiger partial charge >= 0.3 is 0 Å². The van der Waals surface area contributed by atoms with E-state index in [1.54, 1.807) is 36.6 Å². The molecule has 0 amide bonds. The fourth-order valence-electron chi connectivity index (χ4n) is 2.06. The van der Waals surface area contributed by atoms with Gasteiger partial charge in [0, 0.05) is 6.54 Å². The summed E-state index contributed by atoms with van der Waals surface area (Å²) in [6.07, 6.45) is 0. The van der Waals surface area contributed by atoms with Crippen molar-refractivity contribution in [2.45, 2.75) is 16.7 Å². The van der Waals surface area contributed by atoms with E-state index in [9.17, 15) is 13.5 Å². The van der Waals surface area contributed by atoms with Crippen molar-refractivity contribution < 1.29 is 23.0 Å². The van der Waals surface area contributed by atoms with Crippen LogP contribution < -0.4 is 14.2 Å². The van der Waals surface area contributed by atoms with Gasteiger partial charge in [0.2, 0.25) is 16.8 Å². The molecule has 0 bridgehead atoms. The SMILES string of the molecule is C[C@@](O)(CNS(=O)(=O)c1cccs1)c1ccc2c(c1)OCO2. The van der Waals surface area contributed by atoms with Crippen LogP contribution >= 0.6 is 11.3 Å². The van der Waals surface area contributed by atoms with Crippen molar-refractivity contribution in [3.63, 3.8) is 0 Å². The molecule has 3 rings (SSSR count). The number of nitrogens with one attached hydrogen (secondary N) is 1. The first-order valence-corrected chi connectivity index (χ1v) is 8.90. The van der Waals surface area contributed by atoms with E-state index in [1.165, 1.54) is 6.07 Å². The third-order valence-corrected chi connectivity index (χ3v) is 6.16. The van der Waals surface area contributed by atoms with E-state index in [1.807, 2.05) is 0 Å². The van der Waals surface area contributed by atoms with Crippen molar-refractivity contribution in [1.29, 1.82) is 0 Å². The number of fused-ring (bicyclic) bond motifs is 1. The number of rotatable bonds is 5. The molecule has 1 aromatic heterocycles. The average Bonchev–Trinajstić information content (AvgIpc) is 3.15. The minimum atomic E-state index is -3.62. The van der Waals surface area contributed by atoms with Gasteiger partial charge in [0.05, 0.1) is 0 Å². The standard InChI is InChI=1S/C14H15NO5S2/c1-14(16,8-15-22(17,18)13-3-2-6-21-13)10-4-5-11-12(7-10)20-9-19-11/h2-7,15-16H,8-9H2,1H3/t14-/m1/s1. The van der Waals surface area contributed by atoms with Crippen LogP contribution in [0.2, 0.25) is 0 Å². The highest BCUT2D eigenvalue weighted by Crippen LogP contribution is 2.35. The summed E-state index contributed by atoms with van der Waals surface area (Å²) >= 11 is 1.12. The highest BCUT2D eigenvalue weighted by molar-refractivity contribution is 7.91. The van der Waals surface area contributed by atoms with Crippen LogP contribution in [0.4, 0.5) is 0 Å². The first-order chi connectivity index (χ1) is 10.4. The van der Waals surface area contributed by atoms with Crippen LogP contribution in [0.1, 0.15) is 12.5 Å². The summed E-state index contributed by atoms with van der Waals surface area (Å²) in [4.78, 5) is 0. The van der Waals surface area contributed by atoms with Gasteiger partial charge in [-0.2, -0.15) is 0 Å². The Hall–Kier alpha value is -1.61. The molecule has 6 nitrogen and oxygen atoms in total. The number of sulfonamides is 1. The Labute approximate surface area is 132 Å². The molecule has 1 aliphatic rings. The minimum absolute atomic E-state index is 0.145. The average molecular weight is 341 g/mol. The molecule has 0 unspecified atom stereocenters. The predicted octanol–water partition coefficient (Wildman–Crippen LogP) is 1.66. The molecule has 0 fully saturated rings. The monoisotopic (exact) mass is 341 g/mol. The fourth-order valence-corrected chi connectivity index (χ4v) is 4.23. The van der Waals surface area contributed by atoms with Crippen LogP contribution in [0.15, 0.2) is 39.9 Å². The molecule has 118 valence electrons. The predicted molar refractivity (Wildman–Crippen MR) is 81.6 cm³/mol. The van der Waals surface area contributed by atoms with E-state index in [4.69, 9.17) is 9.47 Å². The van der Waals surface area contributed by atoms with Gasteiger partial charge in [-0.3, -0.25) is 0 Å². The van der Waals surface area contributed by atoms with Gasteiger partial charge in [0.25, 0.3) is 0 Å². The molecule has 0 saturated carbocycles. The molecule has 22 heavy (non-hydrogen) atoms. The summed E-state index contributed by atoms with van der Waals surface area (Å²) in [5, 5.41) is 12.2. The zero-order chi connectivity index (χ0) is 15.8. The van der Waals surface area contributed by atoms with Crippen LogP contribution in [-0.4, -0.2) is 26.9 Å².